The van der Waals surface area contributed by atoms with Gasteiger partial charge in [-0.1, -0.05) is 0 Å². The van der Waals surface area contributed by atoms with Gasteiger partial charge in [-0.2, -0.15) is 0 Å². The standard InChI is InChI=1S/C23H35FN4O4/c1-15-14-27(23(31)32-20-6-4-19(24)5-7-20)22-11-17(18(12-25)13-26-9-10-29)3-8-21(22)28(15)16(2)30/h4-7,15,17-18,21-22,26,29H,3,8-14,25H2,1-2H3/t15-,17?,18?,21?,22?/m0/s1. The van der Waals surface area contributed by atoms with Gasteiger partial charge in [0.05, 0.1) is 18.7 Å². The van der Waals surface area contributed by atoms with Crippen LogP contribution in [0.3, 0.4) is 0 Å². The summed E-state index contributed by atoms with van der Waals surface area (Å²) in [5.74, 6) is 0.400. The lowest BCUT2D eigenvalue weighted by atomic mass is 9.73. The van der Waals surface area contributed by atoms with Gasteiger partial charge in [0, 0.05) is 26.1 Å². The van der Waals surface area contributed by atoms with Gasteiger partial charge in [0.1, 0.15) is 11.6 Å². The second-order valence-corrected chi connectivity index (χ2v) is 8.88. The van der Waals surface area contributed by atoms with Crippen molar-refractivity contribution in [3.63, 3.8) is 0 Å². The third-order valence-electron chi connectivity index (χ3n) is 6.80. The lowest BCUT2D eigenvalue weighted by Crippen LogP contribution is -2.67. The molecule has 2 aliphatic rings. The zero-order valence-electron chi connectivity index (χ0n) is 18.9. The van der Waals surface area contributed by atoms with Crippen LogP contribution in [0.4, 0.5) is 9.18 Å². The molecule has 1 aromatic rings. The van der Waals surface area contributed by atoms with Crippen LogP contribution in [0.1, 0.15) is 33.1 Å². The normalized spacial score (nSPS) is 26.4. The minimum Gasteiger partial charge on any atom is -0.410 e. The van der Waals surface area contributed by atoms with Crippen molar-refractivity contribution in [1.82, 2.24) is 15.1 Å². The molecule has 1 heterocycles. The lowest BCUT2D eigenvalue weighted by Gasteiger charge is -2.54. The average molecular weight is 451 g/mol. The van der Waals surface area contributed by atoms with E-state index in [1.54, 1.807) is 11.8 Å². The maximum Gasteiger partial charge on any atom is 0.415 e. The van der Waals surface area contributed by atoms with E-state index in [9.17, 15) is 14.0 Å². The number of halogens is 1. The number of hydrogen-bond acceptors (Lipinski definition) is 6. The van der Waals surface area contributed by atoms with E-state index in [1.807, 2.05) is 11.8 Å². The van der Waals surface area contributed by atoms with Crippen LogP contribution in [0.2, 0.25) is 0 Å². The van der Waals surface area contributed by atoms with Gasteiger partial charge in [0.2, 0.25) is 5.91 Å². The van der Waals surface area contributed by atoms with Crippen molar-refractivity contribution < 1.29 is 23.8 Å². The molecule has 4 N–H and O–H groups in total. The summed E-state index contributed by atoms with van der Waals surface area (Å²) in [6, 6.07) is 5.00. The number of nitrogens with two attached hydrogens (primary N) is 1. The molecular weight excluding hydrogens is 415 g/mol. The van der Waals surface area contributed by atoms with Crippen LogP contribution in [-0.2, 0) is 4.79 Å². The molecule has 0 radical (unpaired) electrons. The summed E-state index contributed by atoms with van der Waals surface area (Å²) in [5.41, 5.74) is 6.06. The van der Waals surface area contributed by atoms with Gasteiger partial charge in [0.15, 0.2) is 0 Å². The van der Waals surface area contributed by atoms with Gasteiger partial charge in [-0.25, -0.2) is 9.18 Å². The van der Waals surface area contributed by atoms with Crippen molar-refractivity contribution in [3.8, 4) is 5.75 Å². The molecule has 32 heavy (non-hydrogen) atoms. The third-order valence-corrected chi connectivity index (χ3v) is 6.80. The number of piperazine rings is 1. The molecule has 2 amide bonds. The highest BCUT2D eigenvalue weighted by atomic mass is 19.1. The Hall–Kier alpha value is -2.23. The lowest BCUT2D eigenvalue weighted by molar-refractivity contribution is -0.142. The predicted octanol–water partition coefficient (Wildman–Crippen LogP) is 1.57. The maximum atomic E-state index is 13.2. The fraction of sp³-hybridized carbons (Fsp3) is 0.652. The second kappa shape index (κ2) is 11.1. The number of amides is 2. The number of aliphatic hydroxyl groups is 1. The smallest absolute Gasteiger partial charge is 0.410 e. The summed E-state index contributed by atoms with van der Waals surface area (Å²) in [4.78, 5) is 29.2. The third kappa shape index (κ3) is 5.57. The zero-order valence-corrected chi connectivity index (χ0v) is 18.9. The van der Waals surface area contributed by atoms with E-state index in [0.29, 0.717) is 26.2 Å². The number of carbonyl (C=O) groups is 2. The number of rotatable bonds is 7. The Kier molecular flexibility index (Phi) is 8.44. The summed E-state index contributed by atoms with van der Waals surface area (Å²) >= 11 is 0. The van der Waals surface area contributed by atoms with E-state index < -0.39 is 11.9 Å². The number of aliphatic hydroxyl groups excluding tert-OH is 1. The van der Waals surface area contributed by atoms with E-state index >= 15 is 0 Å². The average Bonchev–Trinajstić information content (AvgIpc) is 2.77. The molecule has 178 valence electrons. The quantitative estimate of drug-likeness (QED) is 0.545. The Bertz CT molecular complexity index is 778. The SMILES string of the molecule is CC(=O)N1C2CCC(C(CN)CNCCO)CC2N(C(=O)Oc2ccc(F)cc2)C[C@@H]1C. The molecule has 4 unspecified atom stereocenters. The first-order valence-corrected chi connectivity index (χ1v) is 11.4. The van der Waals surface area contributed by atoms with E-state index in [-0.39, 0.29) is 48.2 Å². The molecule has 1 aliphatic carbocycles. The maximum absolute atomic E-state index is 13.2. The molecule has 0 spiro atoms. The monoisotopic (exact) mass is 450 g/mol. The number of nitrogens with one attached hydrogen (secondary N) is 1. The van der Waals surface area contributed by atoms with Gasteiger partial charge in [-0.3, -0.25) is 4.79 Å². The number of ether oxygens (including phenoxy) is 1. The van der Waals surface area contributed by atoms with E-state index in [1.165, 1.54) is 24.3 Å². The van der Waals surface area contributed by atoms with Crippen LogP contribution >= 0.6 is 0 Å². The van der Waals surface area contributed by atoms with Crippen molar-refractivity contribution in [3.05, 3.63) is 30.1 Å². The van der Waals surface area contributed by atoms with Crippen molar-refractivity contribution >= 4 is 12.0 Å². The Morgan fingerprint density at radius 3 is 2.62 bits per heavy atom. The van der Waals surface area contributed by atoms with E-state index in [2.05, 4.69) is 5.32 Å². The number of carbonyl (C=O) groups excluding carboxylic acids is 2. The minimum atomic E-state index is -0.481. The molecule has 9 heteroatoms. The van der Waals surface area contributed by atoms with Crippen LogP contribution in [0.5, 0.6) is 5.75 Å². The van der Waals surface area contributed by atoms with Crippen molar-refractivity contribution in [1.29, 1.82) is 0 Å². The van der Waals surface area contributed by atoms with Crippen LogP contribution in [0, 0.1) is 17.7 Å². The molecule has 1 saturated carbocycles. The largest absolute Gasteiger partial charge is 0.415 e. The first kappa shape index (κ1) is 24.4. The highest BCUT2D eigenvalue weighted by Crippen LogP contribution is 2.38. The molecular formula is C23H35FN4O4. The number of nitrogens with zero attached hydrogens (tertiary/aromatic N) is 2. The highest BCUT2D eigenvalue weighted by molar-refractivity contribution is 5.76. The van der Waals surface area contributed by atoms with Gasteiger partial charge in [-0.15, -0.1) is 0 Å². The molecule has 5 atom stereocenters. The van der Waals surface area contributed by atoms with Crippen LogP contribution < -0.4 is 15.8 Å². The predicted molar refractivity (Wildman–Crippen MR) is 119 cm³/mol. The van der Waals surface area contributed by atoms with Crippen molar-refractivity contribution in [2.75, 3.05) is 32.8 Å². The number of benzene rings is 1. The summed E-state index contributed by atoms with van der Waals surface area (Å²) in [7, 11) is 0. The molecule has 8 nitrogen and oxygen atoms in total. The fourth-order valence-electron chi connectivity index (χ4n) is 5.31. The number of hydrogen-bond donors (Lipinski definition) is 3. The molecule has 0 aromatic heterocycles. The van der Waals surface area contributed by atoms with Gasteiger partial charge < -0.3 is 30.7 Å². The topological polar surface area (TPSA) is 108 Å². The first-order valence-electron chi connectivity index (χ1n) is 11.4. The zero-order chi connectivity index (χ0) is 23.3. The van der Waals surface area contributed by atoms with Crippen LogP contribution in [0.15, 0.2) is 24.3 Å². The van der Waals surface area contributed by atoms with E-state index in [4.69, 9.17) is 15.6 Å². The van der Waals surface area contributed by atoms with Gasteiger partial charge in [-0.05, 0) is 75.4 Å². The Labute approximate surface area is 188 Å². The summed E-state index contributed by atoms with van der Waals surface area (Å²) in [5, 5.41) is 12.3. The van der Waals surface area contributed by atoms with E-state index in [0.717, 1.165) is 19.3 Å². The Morgan fingerprint density at radius 2 is 2.00 bits per heavy atom. The molecule has 1 saturated heterocycles. The van der Waals surface area contributed by atoms with Gasteiger partial charge >= 0.3 is 6.09 Å². The van der Waals surface area contributed by atoms with Crippen molar-refractivity contribution in [2.24, 2.45) is 17.6 Å². The van der Waals surface area contributed by atoms with Crippen LogP contribution in [-0.4, -0.2) is 77.8 Å². The Morgan fingerprint density at radius 1 is 1.28 bits per heavy atom. The summed E-state index contributed by atoms with van der Waals surface area (Å²) in [6.07, 6.45) is 1.95. The fourth-order valence-corrected chi connectivity index (χ4v) is 5.31. The molecule has 1 aromatic carbocycles. The van der Waals surface area contributed by atoms with Crippen LogP contribution in [0.25, 0.3) is 0 Å². The summed E-state index contributed by atoms with van der Waals surface area (Å²) < 4.78 is 18.8. The van der Waals surface area contributed by atoms with Gasteiger partial charge in [0.25, 0.3) is 0 Å². The highest BCUT2D eigenvalue weighted by Gasteiger charge is 2.47. The minimum absolute atomic E-state index is 0.0116. The molecule has 1 aliphatic heterocycles. The summed E-state index contributed by atoms with van der Waals surface area (Å²) in [6.45, 7) is 5.70. The first-order chi connectivity index (χ1) is 15.3. The molecule has 2 fully saturated rings. The Balaban J connectivity index is 1.78. The molecule has 3 rings (SSSR count). The molecule has 0 bridgehead atoms. The second-order valence-electron chi connectivity index (χ2n) is 8.88. The number of fused-ring (bicyclic) bond motifs is 1. The van der Waals surface area contributed by atoms with Crippen molar-refractivity contribution in [2.45, 2.75) is 51.2 Å².